The highest BCUT2D eigenvalue weighted by Crippen LogP contribution is 2.65. The molecule has 3 aliphatic rings. The van der Waals surface area contributed by atoms with Crippen molar-refractivity contribution in [2.24, 2.45) is 5.41 Å². The molecule has 1 unspecified atom stereocenters. The molecule has 10 heteroatoms. The Morgan fingerprint density at radius 2 is 1.91 bits per heavy atom. The molecule has 1 saturated carbocycles. The minimum absolute atomic E-state index is 0.0245. The molecule has 1 atom stereocenters. The second-order valence-electron chi connectivity index (χ2n) is 9.92. The van der Waals surface area contributed by atoms with Crippen molar-refractivity contribution in [1.82, 2.24) is 29.6 Å². The van der Waals surface area contributed by atoms with Crippen LogP contribution in [0.4, 0.5) is 26.2 Å². The number of nitrogens with one attached hydrogen (secondary N) is 1. The summed E-state index contributed by atoms with van der Waals surface area (Å²) in [7, 11) is 2.14. The van der Waals surface area contributed by atoms with Crippen LogP contribution >= 0.6 is 0 Å². The van der Waals surface area contributed by atoms with Crippen LogP contribution in [0.25, 0.3) is 10.9 Å². The SMILES string of the molecule is Cc1cc2cnc(Nc3cnn(C4CCN(C)CC4)c3)nc2c(N2CCC3(C2)CC3(F)F)n1. The third-order valence-corrected chi connectivity index (χ3v) is 7.46. The average Bonchev–Trinajstić information content (AvgIpc) is 3.16. The quantitative estimate of drug-likeness (QED) is 0.643. The van der Waals surface area contributed by atoms with E-state index in [0.29, 0.717) is 42.8 Å². The molecule has 2 aliphatic heterocycles. The Bertz CT molecular complexity index is 1200. The molecule has 1 spiro atoms. The lowest BCUT2D eigenvalue weighted by atomic mass is 10.1. The van der Waals surface area contributed by atoms with Crippen molar-refractivity contribution in [3.05, 3.63) is 30.4 Å². The first kappa shape index (κ1) is 20.7. The second-order valence-corrected chi connectivity index (χ2v) is 9.92. The standard InChI is InChI=1S/C23H28F2N8/c1-15-9-16-10-26-21(29-17-11-27-33(12-17)18-3-6-31(2)7-4-18)30-19(16)20(28-15)32-8-5-22(14-32)13-23(22,24)25/h9-12,18H,3-8,13-14H2,1-2H3,(H,26,29,30). The molecule has 0 bridgehead atoms. The lowest BCUT2D eigenvalue weighted by Gasteiger charge is -2.28. The van der Waals surface area contributed by atoms with E-state index >= 15 is 0 Å². The summed E-state index contributed by atoms with van der Waals surface area (Å²) in [5.74, 6) is -1.45. The van der Waals surface area contributed by atoms with Crippen LogP contribution in [-0.2, 0) is 0 Å². The molecule has 1 N–H and O–H groups in total. The Morgan fingerprint density at radius 1 is 1.12 bits per heavy atom. The van der Waals surface area contributed by atoms with Crippen LogP contribution in [0, 0.1) is 12.3 Å². The molecule has 8 nitrogen and oxygen atoms in total. The summed E-state index contributed by atoms with van der Waals surface area (Å²) in [6.45, 7) is 4.93. The molecule has 5 heterocycles. The zero-order valence-electron chi connectivity index (χ0n) is 18.9. The largest absolute Gasteiger partial charge is 0.354 e. The van der Waals surface area contributed by atoms with Crippen molar-refractivity contribution >= 4 is 28.4 Å². The molecular weight excluding hydrogens is 426 g/mol. The summed E-state index contributed by atoms with van der Waals surface area (Å²) in [6, 6.07) is 2.33. The Hall–Kier alpha value is -2.88. The molecular formula is C23H28F2N8. The van der Waals surface area contributed by atoms with Gasteiger partial charge in [0, 0.05) is 43.0 Å². The first-order chi connectivity index (χ1) is 15.8. The number of anilines is 3. The zero-order valence-corrected chi connectivity index (χ0v) is 18.9. The van der Waals surface area contributed by atoms with Gasteiger partial charge in [-0.05, 0) is 52.4 Å². The van der Waals surface area contributed by atoms with Gasteiger partial charge in [-0.15, -0.1) is 0 Å². The molecule has 174 valence electrons. The zero-order chi connectivity index (χ0) is 22.8. The number of hydrogen-bond donors (Lipinski definition) is 1. The van der Waals surface area contributed by atoms with Gasteiger partial charge in [0.15, 0.2) is 5.82 Å². The summed E-state index contributed by atoms with van der Waals surface area (Å²) in [4.78, 5) is 18.2. The predicted octanol–water partition coefficient (Wildman–Crippen LogP) is 3.78. The number of aromatic nitrogens is 5. The maximum absolute atomic E-state index is 13.9. The van der Waals surface area contributed by atoms with Gasteiger partial charge in [0.2, 0.25) is 5.95 Å². The summed E-state index contributed by atoms with van der Waals surface area (Å²) >= 11 is 0. The molecule has 2 saturated heterocycles. The van der Waals surface area contributed by atoms with Crippen LogP contribution in [-0.4, -0.2) is 68.8 Å². The van der Waals surface area contributed by atoms with Crippen molar-refractivity contribution in [2.45, 2.75) is 44.6 Å². The summed E-state index contributed by atoms with van der Waals surface area (Å²) in [6.07, 6.45) is 8.18. The van der Waals surface area contributed by atoms with Crippen LogP contribution in [0.5, 0.6) is 0 Å². The number of likely N-dealkylation sites (tertiary alicyclic amines) is 1. The fourth-order valence-corrected chi connectivity index (χ4v) is 5.30. The van der Waals surface area contributed by atoms with E-state index < -0.39 is 11.3 Å². The number of pyridine rings is 1. The monoisotopic (exact) mass is 454 g/mol. The van der Waals surface area contributed by atoms with Crippen molar-refractivity contribution < 1.29 is 8.78 Å². The van der Waals surface area contributed by atoms with Gasteiger partial charge < -0.3 is 15.1 Å². The van der Waals surface area contributed by atoms with Crippen molar-refractivity contribution in [3.63, 3.8) is 0 Å². The maximum Gasteiger partial charge on any atom is 0.256 e. The Labute approximate surface area is 191 Å². The molecule has 3 fully saturated rings. The number of rotatable bonds is 4. The molecule has 0 radical (unpaired) electrons. The molecule has 1 aliphatic carbocycles. The third kappa shape index (κ3) is 3.60. The summed E-state index contributed by atoms with van der Waals surface area (Å²) in [5.41, 5.74) is 1.45. The Kier molecular flexibility index (Phi) is 4.59. The van der Waals surface area contributed by atoms with Gasteiger partial charge >= 0.3 is 0 Å². The maximum atomic E-state index is 13.9. The van der Waals surface area contributed by atoms with Crippen molar-refractivity contribution in [2.75, 3.05) is 43.4 Å². The lowest BCUT2D eigenvalue weighted by molar-refractivity contribution is 0.0711. The van der Waals surface area contributed by atoms with Crippen molar-refractivity contribution in [1.29, 1.82) is 0 Å². The highest BCUT2D eigenvalue weighted by Gasteiger charge is 2.72. The van der Waals surface area contributed by atoms with E-state index in [9.17, 15) is 8.78 Å². The van der Waals surface area contributed by atoms with Gasteiger partial charge in [0.25, 0.3) is 5.92 Å². The van der Waals surface area contributed by atoms with E-state index in [1.54, 1.807) is 12.4 Å². The van der Waals surface area contributed by atoms with E-state index in [-0.39, 0.29) is 6.42 Å². The van der Waals surface area contributed by atoms with Crippen LogP contribution < -0.4 is 10.2 Å². The summed E-state index contributed by atoms with van der Waals surface area (Å²) in [5, 5.41) is 8.65. The molecule has 33 heavy (non-hydrogen) atoms. The van der Waals surface area contributed by atoms with E-state index in [2.05, 4.69) is 32.3 Å². The number of hydrogen-bond acceptors (Lipinski definition) is 7. The lowest BCUT2D eigenvalue weighted by Crippen LogP contribution is -2.31. The van der Waals surface area contributed by atoms with E-state index in [1.807, 2.05) is 28.8 Å². The van der Waals surface area contributed by atoms with Crippen LogP contribution in [0.1, 0.15) is 37.4 Å². The number of fused-ring (bicyclic) bond motifs is 1. The predicted molar refractivity (Wildman–Crippen MR) is 122 cm³/mol. The molecule has 3 aromatic rings. The average molecular weight is 455 g/mol. The van der Waals surface area contributed by atoms with Crippen LogP contribution in [0.2, 0.25) is 0 Å². The molecule has 0 aromatic carbocycles. The number of piperidine rings is 1. The van der Waals surface area contributed by atoms with Gasteiger partial charge in [-0.3, -0.25) is 4.68 Å². The fraction of sp³-hybridized carbons (Fsp3) is 0.565. The van der Waals surface area contributed by atoms with Gasteiger partial charge in [-0.1, -0.05) is 0 Å². The normalized spacial score (nSPS) is 25.3. The van der Waals surface area contributed by atoms with Crippen molar-refractivity contribution in [3.8, 4) is 0 Å². The topological polar surface area (TPSA) is 75.0 Å². The number of nitrogens with zero attached hydrogens (tertiary/aromatic N) is 7. The van der Waals surface area contributed by atoms with Gasteiger partial charge in [0.1, 0.15) is 5.52 Å². The second kappa shape index (κ2) is 7.31. The first-order valence-corrected chi connectivity index (χ1v) is 11.6. The smallest absolute Gasteiger partial charge is 0.256 e. The van der Waals surface area contributed by atoms with E-state index in [0.717, 1.165) is 42.7 Å². The van der Waals surface area contributed by atoms with Gasteiger partial charge in [0.05, 0.1) is 23.3 Å². The first-order valence-electron chi connectivity index (χ1n) is 11.6. The van der Waals surface area contributed by atoms with E-state index in [1.165, 1.54) is 0 Å². The minimum Gasteiger partial charge on any atom is -0.354 e. The van der Waals surface area contributed by atoms with Gasteiger partial charge in [-0.2, -0.15) is 5.10 Å². The molecule has 0 amide bonds. The number of aryl methyl sites for hydroxylation is 1. The summed E-state index contributed by atoms with van der Waals surface area (Å²) < 4.78 is 29.9. The Morgan fingerprint density at radius 3 is 2.64 bits per heavy atom. The van der Waals surface area contributed by atoms with Crippen LogP contribution in [0.15, 0.2) is 24.7 Å². The van der Waals surface area contributed by atoms with E-state index in [4.69, 9.17) is 4.98 Å². The fourth-order valence-electron chi connectivity index (χ4n) is 5.30. The minimum atomic E-state index is -2.56. The van der Waals surface area contributed by atoms with Gasteiger partial charge in [-0.25, -0.2) is 23.7 Å². The number of halogens is 2. The highest BCUT2D eigenvalue weighted by molar-refractivity contribution is 5.89. The molecule has 6 rings (SSSR count). The van der Waals surface area contributed by atoms with Crippen LogP contribution in [0.3, 0.4) is 0 Å². The third-order valence-electron chi connectivity index (χ3n) is 7.46. The Balaban J connectivity index is 1.25. The number of alkyl halides is 2. The highest BCUT2D eigenvalue weighted by atomic mass is 19.3. The molecule has 3 aromatic heterocycles.